The number of aliphatic hydroxyl groups is 1. The van der Waals surface area contributed by atoms with E-state index in [9.17, 15) is 14.3 Å². The lowest BCUT2D eigenvalue weighted by Gasteiger charge is -2.37. The lowest BCUT2D eigenvalue weighted by Crippen LogP contribution is -2.39. The molecule has 3 rings (SSSR count). The van der Waals surface area contributed by atoms with Crippen molar-refractivity contribution >= 4 is 5.91 Å². The van der Waals surface area contributed by atoms with Crippen LogP contribution in [0.3, 0.4) is 0 Å². The fourth-order valence-electron chi connectivity index (χ4n) is 3.48. The van der Waals surface area contributed by atoms with Gasteiger partial charge in [-0.05, 0) is 62.3 Å². The van der Waals surface area contributed by atoms with E-state index >= 15 is 0 Å². The molecule has 1 heterocycles. The van der Waals surface area contributed by atoms with Gasteiger partial charge in [0.25, 0.3) is 5.91 Å². The standard InChI is InChI=1S/C21H28FNO4/c1-2-26-21-17(4-3-11-24)18(15-7-9-16(22)10-8-15)12-19(27-21)20(25)23-13-14-5-6-14/h7-10,12,14,17-18,21,24H,2-6,11,13H2,1H3,(H,23,25)/t17-,18+,21+/m0/s1. The summed E-state index contributed by atoms with van der Waals surface area (Å²) < 4.78 is 25.1. The van der Waals surface area contributed by atoms with E-state index < -0.39 is 6.29 Å². The summed E-state index contributed by atoms with van der Waals surface area (Å²) in [6.45, 7) is 3.07. The zero-order valence-corrected chi connectivity index (χ0v) is 15.7. The molecule has 0 unspecified atom stereocenters. The molecule has 0 bridgehead atoms. The van der Waals surface area contributed by atoms with E-state index in [4.69, 9.17) is 9.47 Å². The number of halogens is 1. The zero-order valence-electron chi connectivity index (χ0n) is 15.7. The van der Waals surface area contributed by atoms with Crippen LogP contribution in [0.25, 0.3) is 0 Å². The van der Waals surface area contributed by atoms with Gasteiger partial charge in [0.1, 0.15) is 5.82 Å². The van der Waals surface area contributed by atoms with Gasteiger partial charge in [-0.25, -0.2) is 4.39 Å². The number of hydrogen-bond acceptors (Lipinski definition) is 4. The van der Waals surface area contributed by atoms with Crippen LogP contribution >= 0.6 is 0 Å². The van der Waals surface area contributed by atoms with Gasteiger partial charge in [-0.2, -0.15) is 0 Å². The Balaban J connectivity index is 1.86. The van der Waals surface area contributed by atoms with Crippen LogP contribution in [0, 0.1) is 17.7 Å². The van der Waals surface area contributed by atoms with Crippen molar-refractivity contribution < 1.29 is 23.8 Å². The number of ether oxygens (including phenoxy) is 2. The number of carbonyl (C=O) groups is 1. The molecule has 148 valence electrons. The predicted molar refractivity (Wildman–Crippen MR) is 99.3 cm³/mol. The van der Waals surface area contributed by atoms with Crippen LogP contribution in [0.5, 0.6) is 0 Å². The van der Waals surface area contributed by atoms with E-state index in [0.29, 0.717) is 31.9 Å². The van der Waals surface area contributed by atoms with Gasteiger partial charge in [0, 0.05) is 31.6 Å². The first-order chi connectivity index (χ1) is 13.1. The van der Waals surface area contributed by atoms with E-state index in [1.807, 2.05) is 13.0 Å². The molecule has 0 saturated heterocycles. The van der Waals surface area contributed by atoms with Crippen molar-refractivity contribution in [3.05, 3.63) is 47.5 Å². The zero-order chi connectivity index (χ0) is 19.2. The minimum absolute atomic E-state index is 0.0671. The molecule has 27 heavy (non-hydrogen) atoms. The summed E-state index contributed by atoms with van der Waals surface area (Å²) in [5.74, 6) is 0.0751. The van der Waals surface area contributed by atoms with E-state index in [2.05, 4.69) is 5.32 Å². The number of nitrogens with one attached hydrogen (secondary N) is 1. The lowest BCUT2D eigenvalue weighted by atomic mass is 9.80. The number of allylic oxidation sites excluding steroid dienone is 1. The summed E-state index contributed by atoms with van der Waals surface area (Å²) >= 11 is 0. The summed E-state index contributed by atoms with van der Waals surface area (Å²) in [5.41, 5.74) is 0.903. The van der Waals surface area contributed by atoms with E-state index in [1.165, 1.54) is 12.1 Å². The molecule has 0 spiro atoms. The third-order valence-electron chi connectivity index (χ3n) is 5.14. The van der Waals surface area contributed by atoms with Crippen LogP contribution in [-0.2, 0) is 14.3 Å². The number of benzene rings is 1. The topological polar surface area (TPSA) is 67.8 Å². The predicted octanol–water partition coefficient (Wildman–Crippen LogP) is 3.10. The maximum atomic E-state index is 13.4. The van der Waals surface area contributed by atoms with E-state index in [0.717, 1.165) is 18.4 Å². The molecule has 1 aliphatic carbocycles. The van der Waals surface area contributed by atoms with Crippen LogP contribution in [0.4, 0.5) is 4.39 Å². The second-order valence-corrected chi connectivity index (χ2v) is 7.23. The SMILES string of the molecule is CCO[C@@H]1OC(C(=O)NCC2CC2)=C[C@H](c2ccc(F)cc2)[C@@H]1CCCO. The van der Waals surface area contributed by atoms with Gasteiger partial charge in [0.15, 0.2) is 5.76 Å². The highest BCUT2D eigenvalue weighted by Crippen LogP contribution is 2.39. The van der Waals surface area contributed by atoms with Crippen molar-refractivity contribution in [2.24, 2.45) is 11.8 Å². The molecule has 0 radical (unpaired) electrons. The highest BCUT2D eigenvalue weighted by atomic mass is 19.1. The monoisotopic (exact) mass is 377 g/mol. The highest BCUT2D eigenvalue weighted by molar-refractivity contribution is 5.91. The van der Waals surface area contributed by atoms with Gasteiger partial charge in [0.2, 0.25) is 6.29 Å². The molecule has 1 aromatic carbocycles. The summed E-state index contributed by atoms with van der Waals surface area (Å²) in [6, 6.07) is 6.31. The van der Waals surface area contributed by atoms with Crippen LogP contribution in [0.2, 0.25) is 0 Å². The molecule has 1 aliphatic heterocycles. The molecular formula is C21H28FNO4. The molecule has 1 fully saturated rings. The Bertz CT molecular complexity index is 657. The van der Waals surface area contributed by atoms with Crippen molar-refractivity contribution in [3.63, 3.8) is 0 Å². The van der Waals surface area contributed by atoms with Gasteiger partial charge < -0.3 is 19.9 Å². The van der Waals surface area contributed by atoms with Gasteiger partial charge in [-0.3, -0.25) is 4.79 Å². The molecule has 1 aromatic rings. The van der Waals surface area contributed by atoms with Crippen molar-refractivity contribution in [3.8, 4) is 0 Å². The Morgan fingerprint density at radius 1 is 1.33 bits per heavy atom. The molecule has 6 heteroatoms. The van der Waals surface area contributed by atoms with Gasteiger partial charge in [0.05, 0.1) is 0 Å². The maximum Gasteiger partial charge on any atom is 0.286 e. The lowest BCUT2D eigenvalue weighted by molar-refractivity contribution is -0.166. The van der Waals surface area contributed by atoms with Crippen LogP contribution in [-0.4, -0.2) is 37.1 Å². The smallest absolute Gasteiger partial charge is 0.286 e. The van der Waals surface area contributed by atoms with Crippen molar-refractivity contribution in [1.82, 2.24) is 5.32 Å². The van der Waals surface area contributed by atoms with E-state index in [1.54, 1.807) is 12.1 Å². The first-order valence-electron chi connectivity index (χ1n) is 9.77. The van der Waals surface area contributed by atoms with E-state index in [-0.39, 0.29) is 35.9 Å². The van der Waals surface area contributed by atoms with Crippen LogP contribution in [0.15, 0.2) is 36.1 Å². The Morgan fingerprint density at radius 2 is 2.07 bits per heavy atom. The molecule has 0 aromatic heterocycles. The second kappa shape index (κ2) is 9.33. The quantitative estimate of drug-likeness (QED) is 0.694. The maximum absolute atomic E-state index is 13.4. The molecule has 3 atom stereocenters. The van der Waals surface area contributed by atoms with Crippen LogP contribution in [0.1, 0.15) is 44.1 Å². The molecule has 2 aliphatic rings. The average Bonchev–Trinajstić information content (AvgIpc) is 3.50. The number of aliphatic hydroxyl groups excluding tert-OH is 1. The number of carbonyl (C=O) groups excluding carboxylic acids is 1. The van der Waals surface area contributed by atoms with Gasteiger partial charge >= 0.3 is 0 Å². The average molecular weight is 377 g/mol. The summed E-state index contributed by atoms with van der Waals surface area (Å²) in [7, 11) is 0. The van der Waals surface area contributed by atoms with Crippen molar-refractivity contribution in [2.45, 2.75) is 44.8 Å². The minimum Gasteiger partial charge on any atom is -0.459 e. The third kappa shape index (κ3) is 5.30. The second-order valence-electron chi connectivity index (χ2n) is 7.23. The first kappa shape index (κ1) is 19.8. The summed E-state index contributed by atoms with van der Waals surface area (Å²) in [5, 5.41) is 12.2. The Labute approximate surface area is 159 Å². The number of amides is 1. The molecule has 2 N–H and O–H groups in total. The highest BCUT2D eigenvalue weighted by Gasteiger charge is 2.38. The van der Waals surface area contributed by atoms with Crippen molar-refractivity contribution in [1.29, 1.82) is 0 Å². The Morgan fingerprint density at radius 3 is 2.70 bits per heavy atom. The minimum atomic E-state index is -0.580. The molecule has 5 nitrogen and oxygen atoms in total. The number of rotatable bonds is 9. The molecule has 1 saturated carbocycles. The Kier molecular flexibility index (Phi) is 6.85. The molecular weight excluding hydrogens is 349 g/mol. The summed E-state index contributed by atoms with van der Waals surface area (Å²) in [6.07, 6.45) is 4.82. The largest absolute Gasteiger partial charge is 0.459 e. The van der Waals surface area contributed by atoms with Gasteiger partial charge in [-0.1, -0.05) is 12.1 Å². The van der Waals surface area contributed by atoms with Crippen LogP contribution < -0.4 is 5.32 Å². The summed E-state index contributed by atoms with van der Waals surface area (Å²) in [4.78, 5) is 12.6. The van der Waals surface area contributed by atoms with Crippen molar-refractivity contribution in [2.75, 3.05) is 19.8 Å². The first-order valence-corrected chi connectivity index (χ1v) is 9.77. The fraction of sp³-hybridized carbons (Fsp3) is 0.571. The normalized spacial score (nSPS) is 24.9. The fourth-order valence-corrected chi connectivity index (χ4v) is 3.48. The van der Waals surface area contributed by atoms with Gasteiger partial charge in [-0.15, -0.1) is 0 Å². The molecule has 1 amide bonds. The number of hydrogen-bond donors (Lipinski definition) is 2. The Hall–Kier alpha value is -1.92. The third-order valence-corrected chi connectivity index (χ3v) is 5.14.